The Kier molecular flexibility index (Phi) is 3.89. The second kappa shape index (κ2) is 5.78. The minimum absolute atomic E-state index is 0.0272. The molecule has 0 aliphatic heterocycles. The van der Waals surface area contributed by atoms with Crippen LogP contribution in [0.15, 0.2) is 42.5 Å². The summed E-state index contributed by atoms with van der Waals surface area (Å²) < 4.78 is 18.8. The van der Waals surface area contributed by atoms with Crippen LogP contribution in [0, 0.1) is 17.1 Å². The van der Waals surface area contributed by atoms with Gasteiger partial charge in [0.1, 0.15) is 30.5 Å². The smallest absolute Gasteiger partial charge is 0.150 e. The summed E-state index contributed by atoms with van der Waals surface area (Å²) in [6.45, 7) is 0.167. The van der Waals surface area contributed by atoms with Gasteiger partial charge in [-0.25, -0.2) is 4.39 Å². The Bertz CT molecular complexity index is 647. The van der Waals surface area contributed by atoms with Crippen molar-refractivity contribution in [2.45, 2.75) is 6.61 Å². The number of hydrogen-bond acceptors (Lipinski definition) is 3. The van der Waals surface area contributed by atoms with Crippen LogP contribution in [0.25, 0.3) is 0 Å². The maximum absolute atomic E-state index is 13.4. The highest BCUT2D eigenvalue weighted by molar-refractivity contribution is 5.77. The lowest BCUT2D eigenvalue weighted by atomic mass is 10.1. The topological polar surface area (TPSA) is 50.1 Å². The maximum atomic E-state index is 13.4. The molecule has 0 bridgehead atoms. The van der Waals surface area contributed by atoms with Crippen molar-refractivity contribution in [2.24, 2.45) is 0 Å². The summed E-state index contributed by atoms with van der Waals surface area (Å²) in [6.07, 6.45) is 0.748. The fourth-order valence-electron chi connectivity index (χ4n) is 1.62. The minimum atomic E-state index is -0.622. The summed E-state index contributed by atoms with van der Waals surface area (Å²) in [5, 5.41) is 8.62. The van der Waals surface area contributed by atoms with Crippen LogP contribution in [0.3, 0.4) is 0 Å². The van der Waals surface area contributed by atoms with Crippen molar-refractivity contribution in [1.29, 1.82) is 5.26 Å². The second-order valence-electron chi connectivity index (χ2n) is 3.86. The van der Waals surface area contributed by atoms with Crippen molar-refractivity contribution in [3.63, 3.8) is 0 Å². The number of benzene rings is 2. The molecule has 0 spiro atoms. The molecular formula is C15H10FNO2. The number of nitrogens with zero attached hydrogens (tertiary/aromatic N) is 1. The highest BCUT2D eigenvalue weighted by Crippen LogP contribution is 2.18. The third-order valence-electron chi connectivity index (χ3n) is 2.64. The first-order chi connectivity index (χ1) is 9.24. The molecular weight excluding hydrogens is 245 g/mol. The molecule has 2 aromatic carbocycles. The van der Waals surface area contributed by atoms with E-state index >= 15 is 0 Å². The summed E-state index contributed by atoms with van der Waals surface area (Å²) >= 11 is 0. The average Bonchev–Trinajstić information content (AvgIpc) is 2.45. The predicted molar refractivity (Wildman–Crippen MR) is 67.3 cm³/mol. The quantitative estimate of drug-likeness (QED) is 0.789. The lowest BCUT2D eigenvalue weighted by Gasteiger charge is -2.08. The summed E-state index contributed by atoms with van der Waals surface area (Å²) in [7, 11) is 0. The van der Waals surface area contributed by atoms with Crippen LogP contribution in [-0.4, -0.2) is 6.29 Å². The normalized spacial score (nSPS) is 9.68. The lowest BCUT2D eigenvalue weighted by Crippen LogP contribution is -2.00. The molecule has 0 heterocycles. The van der Waals surface area contributed by atoms with E-state index in [4.69, 9.17) is 10.00 Å². The Hall–Kier alpha value is -2.67. The summed E-state index contributed by atoms with van der Waals surface area (Å²) in [6, 6.07) is 12.8. The van der Waals surface area contributed by atoms with E-state index in [2.05, 4.69) is 0 Å². The van der Waals surface area contributed by atoms with Gasteiger partial charge in [-0.3, -0.25) is 4.79 Å². The number of aldehydes is 1. The molecule has 0 aliphatic carbocycles. The molecule has 0 amide bonds. The lowest BCUT2D eigenvalue weighted by molar-refractivity contribution is 0.112. The first-order valence-electron chi connectivity index (χ1n) is 5.60. The van der Waals surface area contributed by atoms with Gasteiger partial charge in [-0.05, 0) is 17.7 Å². The van der Waals surface area contributed by atoms with Crippen molar-refractivity contribution >= 4 is 6.29 Å². The van der Waals surface area contributed by atoms with Gasteiger partial charge in [0, 0.05) is 11.6 Å². The Morgan fingerprint density at radius 3 is 2.74 bits per heavy atom. The van der Waals surface area contributed by atoms with E-state index in [1.54, 1.807) is 30.3 Å². The standard InChI is InChI=1S/C15H10FNO2/c16-15-7-14(6-5-11(15)8-17)19-10-13-4-2-1-3-12(13)9-18/h1-7,9H,10H2. The third-order valence-corrected chi connectivity index (χ3v) is 2.64. The zero-order valence-electron chi connectivity index (χ0n) is 9.97. The van der Waals surface area contributed by atoms with Gasteiger partial charge in [0.25, 0.3) is 0 Å². The first kappa shape index (κ1) is 12.8. The molecule has 0 fully saturated rings. The Balaban J connectivity index is 2.13. The zero-order chi connectivity index (χ0) is 13.7. The molecule has 0 unspecified atom stereocenters. The number of hydrogen-bond donors (Lipinski definition) is 0. The van der Waals surface area contributed by atoms with Crippen LogP contribution in [0.2, 0.25) is 0 Å². The van der Waals surface area contributed by atoms with E-state index < -0.39 is 5.82 Å². The number of carbonyl (C=O) groups excluding carboxylic acids is 1. The van der Waals surface area contributed by atoms with Crippen LogP contribution in [0.5, 0.6) is 5.75 Å². The van der Waals surface area contributed by atoms with Crippen LogP contribution in [0.4, 0.5) is 4.39 Å². The van der Waals surface area contributed by atoms with Crippen LogP contribution < -0.4 is 4.74 Å². The van der Waals surface area contributed by atoms with Gasteiger partial charge < -0.3 is 4.74 Å². The molecule has 0 radical (unpaired) electrons. The second-order valence-corrected chi connectivity index (χ2v) is 3.86. The van der Waals surface area contributed by atoms with Crippen LogP contribution in [-0.2, 0) is 6.61 Å². The minimum Gasteiger partial charge on any atom is -0.489 e. The molecule has 19 heavy (non-hydrogen) atoms. The van der Waals surface area contributed by atoms with E-state index in [0.29, 0.717) is 11.3 Å². The Labute approximate surface area is 109 Å². The molecule has 0 aromatic heterocycles. The van der Waals surface area contributed by atoms with E-state index in [0.717, 1.165) is 17.9 Å². The SMILES string of the molecule is N#Cc1ccc(OCc2ccccc2C=O)cc1F. The number of carbonyl (C=O) groups is 1. The molecule has 0 saturated carbocycles. The van der Waals surface area contributed by atoms with Gasteiger partial charge in [-0.15, -0.1) is 0 Å². The van der Waals surface area contributed by atoms with Crippen LogP contribution >= 0.6 is 0 Å². The monoisotopic (exact) mass is 255 g/mol. The largest absolute Gasteiger partial charge is 0.489 e. The van der Waals surface area contributed by atoms with Gasteiger partial charge in [0.2, 0.25) is 0 Å². The number of rotatable bonds is 4. The van der Waals surface area contributed by atoms with Crippen molar-refractivity contribution in [1.82, 2.24) is 0 Å². The van der Waals surface area contributed by atoms with E-state index in [-0.39, 0.29) is 12.2 Å². The van der Waals surface area contributed by atoms with Crippen molar-refractivity contribution in [2.75, 3.05) is 0 Å². The fourth-order valence-corrected chi connectivity index (χ4v) is 1.62. The molecule has 2 aromatic rings. The highest BCUT2D eigenvalue weighted by atomic mass is 19.1. The van der Waals surface area contributed by atoms with Crippen LogP contribution in [0.1, 0.15) is 21.5 Å². The Morgan fingerprint density at radius 2 is 2.05 bits per heavy atom. The Morgan fingerprint density at radius 1 is 1.26 bits per heavy atom. The van der Waals surface area contributed by atoms with Gasteiger partial charge in [0.05, 0.1) is 5.56 Å². The predicted octanol–water partition coefficient (Wildman–Crippen LogP) is 3.09. The summed E-state index contributed by atoms with van der Waals surface area (Å²) in [5.41, 5.74) is 1.24. The highest BCUT2D eigenvalue weighted by Gasteiger charge is 2.05. The maximum Gasteiger partial charge on any atom is 0.150 e. The van der Waals surface area contributed by atoms with Crippen molar-refractivity contribution in [3.8, 4) is 11.8 Å². The zero-order valence-corrected chi connectivity index (χ0v) is 9.97. The molecule has 0 N–H and O–H groups in total. The molecule has 4 heteroatoms. The molecule has 0 atom stereocenters. The summed E-state index contributed by atoms with van der Waals surface area (Å²) in [5.74, 6) is -0.305. The fraction of sp³-hybridized carbons (Fsp3) is 0.0667. The van der Waals surface area contributed by atoms with Gasteiger partial charge in [0.15, 0.2) is 0 Å². The number of ether oxygens (including phenoxy) is 1. The van der Waals surface area contributed by atoms with E-state index in [1.165, 1.54) is 12.1 Å². The summed E-state index contributed by atoms with van der Waals surface area (Å²) in [4.78, 5) is 10.8. The molecule has 0 aliphatic rings. The van der Waals surface area contributed by atoms with Gasteiger partial charge >= 0.3 is 0 Å². The van der Waals surface area contributed by atoms with Crippen molar-refractivity contribution in [3.05, 3.63) is 65.0 Å². The van der Waals surface area contributed by atoms with Crippen molar-refractivity contribution < 1.29 is 13.9 Å². The third kappa shape index (κ3) is 2.96. The molecule has 0 saturated heterocycles. The molecule has 2 rings (SSSR count). The molecule has 3 nitrogen and oxygen atoms in total. The van der Waals surface area contributed by atoms with E-state index in [9.17, 15) is 9.18 Å². The number of nitriles is 1. The first-order valence-corrected chi connectivity index (χ1v) is 5.60. The van der Waals surface area contributed by atoms with Gasteiger partial charge in [-0.1, -0.05) is 24.3 Å². The average molecular weight is 255 g/mol. The number of halogens is 1. The van der Waals surface area contributed by atoms with E-state index in [1.807, 2.05) is 0 Å². The molecule has 94 valence electrons. The van der Waals surface area contributed by atoms with Gasteiger partial charge in [-0.2, -0.15) is 5.26 Å².